The maximum atomic E-state index is 12.4. The Kier molecular flexibility index (Phi) is 3.82. The molecule has 5 heteroatoms. The summed E-state index contributed by atoms with van der Waals surface area (Å²) >= 11 is 0. The van der Waals surface area contributed by atoms with Crippen LogP contribution in [0.3, 0.4) is 0 Å². The van der Waals surface area contributed by atoms with Crippen LogP contribution in [-0.4, -0.2) is 35.6 Å². The molecule has 3 fully saturated rings. The van der Waals surface area contributed by atoms with E-state index in [4.69, 9.17) is 4.74 Å². The standard InChI is InChI=1S/C16H20N2O3/c1-2-21-16(20)18-12-8-9-13(17-14(19)10-12)15(18)11-6-4-3-5-7-11/h3-7,12-13,15H,2,8-10H2,1H3,(H,17,19)/t12-,13-,15-/m0/s1. The first-order chi connectivity index (χ1) is 10.2. The molecular formula is C16H20N2O3. The van der Waals surface area contributed by atoms with E-state index in [0.29, 0.717) is 13.0 Å². The van der Waals surface area contributed by atoms with E-state index >= 15 is 0 Å². The fraction of sp³-hybridized carbons (Fsp3) is 0.500. The Balaban J connectivity index is 1.99. The van der Waals surface area contributed by atoms with Crippen molar-refractivity contribution in [2.75, 3.05) is 6.61 Å². The molecule has 2 bridgehead atoms. The van der Waals surface area contributed by atoms with Crippen molar-refractivity contribution in [1.29, 1.82) is 0 Å². The maximum Gasteiger partial charge on any atom is 0.410 e. The Bertz CT molecular complexity index is 532. The van der Waals surface area contributed by atoms with Gasteiger partial charge in [0.2, 0.25) is 5.91 Å². The number of hydrogen-bond acceptors (Lipinski definition) is 3. The third-order valence-electron chi connectivity index (χ3n) is 4.27. The highest BCUT2D eigenvalue weighted by Crippen LogP contribution is 2.38. The summed E-state index contributed by atoms with van der Waals surface area (Å²) in [6.07, 6.45) is 1.77. The lowest BCUT2D eigenvalue weighted by Crippen LogP contribution is -2.51. The van der Waals surface area contributed by atoms with E-state index in [2.05, 4.69) is 5.32 Å². The Morgan fingerprint density at radius 1 is 1.33 bits per heavy atom. The van der Waals surface area contributed by atoms with Crippen LogP contribution in [-0.2, 0) is 9.53 Å². The van der Waals surface area contributed by atoms with Gasteiger partial charge in [0, 0.05) is 12.5 Å². The zero-order valence-corrected chi connectivity index (χ0v) is 12.1. The molecule has 1 aromatic rings. The van der Waals surface area contributed by atoms with Gasteiger partial charge in [0.15, 0.2) is 0 Å². The second-order valence-electron chi connectivity index (χ2n) is 5.57. The van der Waals surface area contributed by atoms with Crippen LogP contribution in [0.1, 0.15) is 37.8 Å². The molecule has 1 N–H and O–H groups in total. The van der Waals surface area contributed by atoms with Gasteiger partial charge in [0.25, 0.3) is 0 Å². The third kappa shape index (κ3) is 2.60. The molecule has 0 unspecified atom stereocenters. The summed E-state index contributed by atoms with van der Waals surface area (Å²) < 4.78 is 5.22. The highest BCUT2D eigenvalue weighted by atomic mass is 16.6. The number of piperidine rings is 1. The molecule has 112 valence electrons. The molecule has 3 saturated heterocycles. The van der Waals surface area contributed by atoms with Crippen molar-refractivity contribution in [2.24, 2.45) is 0 Å². The summed E-state index contributed by atoms with van der Waals surface area (Å²) in [5.74, 6) is 0.0234. The average Bonchev–Trinajstić information content (AvgIpc) is 2.75. The number of fused-ring (bicyclic) bond motifs is 4. The van der Waals surface area contributed by atoms with Gasteiger partial charge in [-0.25, -0.2) is 4.79 Å². The van der Waals surface area contributed by atoms with Gasteiger partial charge < -0.3 is 10.1 Å². The molecule has 0 aliphatic carbocycles. The van der Waals surface area contributed by atoms with E-state index in [-0.39, 0.29) is 30.1 Å². The highest BCUT2D eigenvalue weighted by Gasteiger charge is 2.45. The van der Waals surface area contributed by atoms with Gasteiger partial charge in [-0.1, -0.05) is 30.3 Å². The van der Waals surface area contributed by atoms with Crippen molar-refractivity contribution in [3.05, 3.63) is 35.9 Å². The number of benzene rings is 1. The predicted octanol–water partition coefficient (Wildman–Crippen LogP) is 2.24. The van der Waals surface area contributed by atoms with Gasteiger partial charge in [-0.2, -0.15) is 0 Å². The lowest BCUT2D eigenvalue weighted by atomic mass is 9.88. The van der Waals surface area contributed by atoms with E-state index < -0.39 is 0 Å². The van der Waals surface area contributed by atoms with Crippen molar-refractivity contribution in [1.82, 2.24) is 10.2 Å². The first-order valence-electron chi connectivity index (χ1n) is 7.50. The van der Waals surface area contributed by atoms with Gasteiger partial charge in [-0.05, 0) is 25.3 Å². The molecule has 5 nitrogen and oxygen atoms in total. The number of nitrogens with one attached hydrogen (secondary N) is 1. The molecule has 21 heavy (non-hydrogen) atoms. The van der Waals surface area contributed by atoms with Crippen molar-refractivity contribution in [2.45, 2.75) is 44.3 Å². The van der Waals surface area contributed by atoms with E-state index in [9.17, 15) is 9.59 Å². The number of carbonyl (C=O) groups excluding carboxylic acids is 2. The maximum absolute atomic E-state index is 12.4. The van der Waals surface area contributed by atoms with Crippen LogP contribution in [0, 0.1) is 0 Å². The van der Waals surface area contributed by atoms with Gasteiger partial charge in [-0.3, -0.25) is 9.69 Å². The SMILES string of the molecule is CCOC(=O)N1[C@H]2CC[C@H](NC(=O)C2)[C@@H]1c1ccccc1. The molecule has 3 heterocycles. The van der Waals surface area contributed by atoms with Gasteiger partial charge >= 0.3 is 6.09 Å². The zero-order valence-electron chi connectivity index (χ0n) is 12.1. The largest absolute Gasteiger partial charge is 0.450 e. The first kappa shape index (κ1) is 13.9. The summed E-state index contributed by atoms with van der Waals surface area (Å²) in [7, 11) is 0. The molecule has 2 amide bonds. The summed E-state index contributed by atoms with van der Waals surface area (Å²) in [5, 5.41) is 3.06. The van der Waals surface area contributed by atoms with E-state index in [1.54, 1.807) is 11.8 Å². The summed E-state index contributed by atoms with van der Waals surface area (Å²) in [4.78, 5) is 26.1. The molecule has 1 aromatic carbocycles. The summed E-state index contributed by atoms with van der Waals surface area (Å²) in [5.41, 5.74) is 1.04. The normalized spacial score (nSPS) is 28.0. The Morgan fingerprint density at radius 3 is 2.81 bits per heavy atom. The molecule has 0 spiro atoms. The fourth-order valence-corrected chi connectivity index (χ4v) is 3.42. The van der Waals surface area contributed by atoms with E-state index in [0.717, 1.165) is 18.4 Å². The minimum absolute atomic E-state index is 0.0234. The number of ether oxygens (including phenoxy) is 1. The predicted molar refractivity (Wildman–Crippen MR) is 77.6 cm³/mol. The van der Waals surface area contributed by atoms with Crippen LogP contribution in [0.4, 0.5) is 4.79 Å². The number of carbonyl (C=O) groups is 2. The molecule has 0 saturated carbocycles. The van der Waals surface area contributed by atoms with Gasteiger partial charge in [0.1, 0.15) is 0 Å². The third-order valence-corrected chi connectivity index (χ3v) is 4.27. The molecule has 4 rings (SSSR count). The zero-order chi connectivity index (χ0) is 14.8. The van der Waals surface area contributed by atoms with Crippen LogP contribution >= 0.6 is 0 Å². The van der Waals surface area contributed by atoms with Gasteiger partial charge in [-0.15, -0.1) is 0 Å². The van der Waals surface area contributed by atoms with Crippen molar-refractivity contribution < 1.29 is 14.3 Å². The molecular weight excluding hydrogens is 268 g/mol. The molecule has 3 aliphatic rings. The minimum atomic E-state index is -0.322. The number of nitrogens with zero attached hydrogens (tertiary/aromatic N) is 1. The number of amides is 2. The number of hydrogen-bond donors (Lipinski definition) is 1. The fourth-order valence-electron chi connectivity index (χ4n) is 3.42. The highest BCUT2D eigenvalue weighted by molar-refractivity contribution is 5.80. The van der Waals surface area contributed by atoms with Crippen LogP contribution in [0.15, 0.2) is 30.3 Å². The topological polar surface area (TPSA) is 58.6 Å². The van der Waals surface area contributed by atoms with Crippen LogP contribution in [0.25, 0.3) is 0 Å². The summed E-state index contributed by atoms with van der Waals surface area (Å²) in [6.45, 7) is 2.14. The lowest BCUT2D eigenvalue weighted by molar-refractivity contribution is -0.121. The Morgan fingerprint density at radius 2 is 2.10 bits per heavy atom. The smallest absolute Gasteiger partial charge is 0.410 e. The molecule has 3 atom stereocenters. The Hall–Kier alpha value is -2.04. The van der Waals surface area contributed by atoms with E-state index in [1.807, 2.05) is 30.3 Å². The average molecular weight is 288 g/mol. The lowest BCUT2D eigenvalue weighted by Gasteiger charge is -2.42. The number of rotatable bonds is 2. The summed E-state index contributed by atoms with van der Waals surface area (Å²) in [6, 6.07) is 9.61. The first-order valence-corrected chi connectivity index (χ1v) is 7.50. The second kappa shape index (κ2) is 5.76. The second-order valence-corrected chi connectivity index (χ2v) is 5.57. The molecule has 0 radical (unpaired) electrons. The Labute approximate surface area is 124 Å². The van der Waals surface area contributed by atoms with Gasteiger partial charge in [0.05, 0.1) is 18.7 Å². The van der Waals surface area contributed by atoms with Crippen molar-refractivity contribution in [3.63, 3.8) is 0 Å². The molecule has 0 aromatic heterocycles. The minimum Gasteiger partial charge on any atom is -0.450 e. The molecule has 3 aliphatic heterocycles. The van der Waals surface area contributed by atoms with E-state index in [1.165, 1.54) is 0 Å². The quantitative estimate of drug-likeness (QED) is 0.908. The van der Waals surface area contributed by atoms with Crippen molar-refractivity contribution in [3.8, 4) is 0 Å². The van der Waals surface area contributed by atoms with Crippen LogP contribution < -0.4 is 5.32 Å². The van der Waals surface area contributed by atoms with Crippen LogP contribution in [0.5, 0.6) is 0 Å². The monoisotopic (exact) mass is 288 g/mol. The van der Waals surface area contributed by atoms with Crippen molar-refractivity contribution >= 4 is 12.0 Å². The van der Waals surface area contributed by atoms with Crippen LogP contribution in [0.2, 0.25) is 0 Å².